The number of carbonyl (C=O) groups is 2. The van der Waals surface area contributed by atoms with Crippen molar-refractivity contribution >= 4 is 23.6 Å². The van der Waals surface area contributed by atoms with Crippen LogP contribution in [0.1, 0.15) is 27.0 Å². The van der Waals surface area contributed by atoms with Crippen LogP contribution in [0.3, 0.4) is 0 Å². The fourth-order valence-corrected chi connectivity index (χ4v) is 3.17. The largest absolute Gasteiger partial charge is 0.483 e. The van der Waals surface area contributed by atoms with Gasteiger partial charge in [-0.3, -0.25) is 9.59 Å². The molecule has 0 unspecified atom stereocenters. The average Bonchev–Trinajstić information content (AvgIpc) is 3.01. The van der Waals surface area contributed by atoms with Crippen molar-refractivity contribution in [2.24, 2.45) is 5.73 Å². The molecule has 7 heteroatoms. The summed E-state index contributed by atoms with van der Waals surface area (Å²) in [7, 11) is 1.79. The molecular weight excluding hydrogens is 356 g/mol. The molecule has 144 valence electrons. The van der Waals surface area contributed by atoms with Crippen molar-refractivity contribution in [2.45, 2.75) is 13.1 Å². The topological polar surface area (TPSA) is 109 Å². The summed E-state index contributed by atoms with van der Waals surface area (Å²) in [5.41, 5.74) is 9.17. The van der Waals surface area contributed by atoms with E-state index in [1.807, 2.05) is 30.3 Å². The summed E-state index contributed by atoms with van der Waals surface area (Å²) >= 11 is 0. The highest BCUT2D eigenvalue weighted by Gasteiger charge is 2.30. The molecule has 4 N–H and O–H groups in total. The van der Waals surface area contributed by atoms with Crippen molar-refractivity contribution in [3.8, 4) is 5.75 Å². The van der Waals surface area contributed by atoms with Gasteiger partial charge in [-0.1, -0.05) is 36.4 Å². The van der Waals surface area contributed by atoms with Crippen LogP contribution in [0.2, 0.25) is 0 Å². The van der Waals surface area contributed by atoms with E-state index in [0.29, 0.717) is 24.4 Å². The lowest BCUT2D eigenvalue weighted by Crippen LogP contribution is -2.24. The Hall–Kier alpha value is -3.61. The van der Waals surface area contributed by atoms with Crippen LogP contribution in [0, 0.1) is 5.41 Å². The SMILES string of the molecule is CN/C=C(\C=N)c1ccc(CN2Cc3cccc(OCC(N)=O)c3C2=O)cc1. The molecule has 1 aliphatic rings. The molecule has 2 amide bonds. The molecule has 28 heavy (non-hydrogen) atoms. The van der Waals surface area contributed by atoms with Gasteiger partial charge in [0.05, 0.1) is 5.56 Å². The van der Waals surface area contributed by atoms with Crippen molar-refractivity contribution < 1.29 is 14.3 Å². The first kappa shape index (κ1) is 19.2. The lowest BCUT2D eigenvalue weighted by Gasteiger charge is -2.16. The Balaban J connectivity index is 1.75. The van der Waals surface area contributed by atoms with E-state index in [9.17, 15) is 9.59 Å². The van der Waals surface area contributed by atoms with E-state index in [1.54, 1.807) is 30.3 Å². The van der Waals surface area contributed by atoms with E-state index in [1.165, 1.54) is 6.21 Å². The Bertz CT molecular complexity index is 935. The Kier molecular flexibility index (Phi) is 5.74. The van der Waals surface area contributed by atoms with Gasteiger partial charge in [0, 0.05) is 38.1 Å². The first-order valence-electron chi connectivity index (χ1n) is 8.83. The number of hydrogen-bond donors (Lipinski definition) is 3. The third-order valence-electron chi connectivity index (χ3n) is 4.46. The zero-order valence-electron chi connectivity index (χ0n) is 15.6. The van der Waals surface area contributed by atoms with Gasteiger partial charge in [-0.15, -0.1) is 0 Å². The van der Waals surface area contributed by atoms with Crippen LogP contribution in [0.25, 0.3) is 5.57 Å². The highest BCUT2D eigenvalue weighted by Crippen LogP contribution is 2.32. The van der Waals surface area contributed by atoms with Gasteiger partial charge in [0.15, 0.2) is 6.61 Å². The third-order valence-corrected chi connectivity index (χ3v) is 4.46. The van der Waals surface area contributed by atoms with Crippen molar-refractivity contribution in [1.82, 2.24) is 10.2 Å². The van der Waals surface area contributed by atoms with Gasteiger partial charge in [-0.2, -0.15) is 0 Å². The third kappa shape index (κ3) is 4.03. The maximum atomic E-state index is 12.9. The minimum atomic E-state index is -0.586. The van der Waals surface area contributed by atoms with E-state index in [4.69, 9.17) is 15.9 Å². The minimum absolute atomic E-state index is 0.130. The van der Waals surface area contributed by atoms with Crippen LogP contribution >= 0.6 is 0 Å². The molecular formula is C21H22N4O3. The molecule has 3 rings (SSSR count). The molecule has 0 aromatic heterocycles. The summed E-state index contributed by atoms with van der Waals surface area (Å²) in [6.07, 6.45) is 3.05. The molecule has 2 aromatic carbocycles. The smallest absolute Gasteiger partial charge is 0.258 e. The normalized spacial score (nSPS) is 13.2. The predicted octanol–water partition coefficient (Wildman–Crippen LogP) is 1.92. The van der Waals surface area contributed by atoms with Crippen LogP contribution in [0.15, 0.2) is 48.7 Å². The predicted molar refractivity (Wildman–Crippen MR) is 107 cm³/mol. The second-order valence-corrected chi connectivity index (χ2v) is 6.44. The molecule has 0 saturated carbocycles. The fourth-order valence-electron chi connectivity index (χ4n) is 3.17. The molecule has 2 aromatic rings. The summed E-state index contributed by atoms with van der Waals surface area (Å²) in [5.74, 6) is -0.335. The summed E-state index contributed by atoms with van der Waals surface area (Å²) in [4.78, 5) is 25.6. The van der Waals surface area contributed by atoms with E-state index in [2.05, 4.69) is 5.32 Å². The Morgan fingerprint density at radius 2 is 2.04 bits per heavy atom. The Morgan fingerprint density at radius 3 is 2.68 bits per heavy atom. The van der Waals surface area contributed by atoms with E-state index in [0.717, 1.165) is 22.3 Å². The number of carbonyl (C=O) groups excluding carboxylic acids is 2. The minimum Gasteiger partial charge on any atom is -0.483 e. The van der Waals surface area contributed by atoms with Gasteiger partial charge in [0.1, 0.15) is 5.75 Å². The molecule has 7 nitrogen and oxygen atoms in total. The second kappa shape index (κ2) is 8.39. The Labute approximate surface area is 163 Å². The van der Waals surface area contributed by atoms with Gasteiger partial charge < -0.3 is 26.1 Å². The summed E-state index contributed by atoms with van der Waals surface area (Å²) < 4.78 is 5.40. The fraction of sp³-hybridized carbons (Fsp3) is 0.190. The quantitative estimate of drug-likeness (QED) is 0.610. The van der Waals surface area contributed by atoms with Crippen molar-refractivity contribution in [3.05, 3.63) is 70.9 Å². The van der Waals surface area contributed by atoms with Gasteiger partial charge in [0.2, 0.25) is 0 Å². The number of amides is 2. The number of fused-ring (bicyclic) bond motifs is 1. The number of primary amides is 1. The maximum Gasteiger partial charge on any atom is 0.258 e. The first-order valence-corrected chi connectivity index (χ1v) is 8.83. The number of hydrogen-bond acceptors (Lipinski definition) is 5. The van der Waals surface area contributed by atoms with Gasteiger partial charge >= 0.3 is 0 Å². The summed E-state index contributed by atoms with van der Waals surface area (Å²) in [6, 6.07) is 13.1. The molecule has 0 aliphatic carbocycles. The maximum absolute atomic E-state index is 12.9. The van der Waals surface area contributed by atoms with Crippen LogP contribution in [-0.4, -0.2) is 36.6 Å². The molecule has 0 fully saturated rings. The lowest BCUT2D eigenvalue weighted by atomic mass is 10.1. The average molecular weight is 378 g/mol. The number of nitrogens with two attached hydrogens (primary N) is 1. The molecule has 0 atom stereocenters. The van der Waals surface area contributed by atoms with Crippen molar-refractivity contribution in [1.29, 1.82) is 5.41 Å². The van der Waals surface area contributed by atoms with Crippen LogP contribution in [0.4, 0.5) is 0 Å². The van der Waals surface area contributed by atoms with Crippen LogP contribution in [0.5, 0.6) is 5.75 Å². The molecule has 0 saturated heterocycles. The zero-order chi connectivity index (χ0) is 20.1. The van der Waals surface area contributed by atoms with Crippen molar-refractivity contribution in [3.63, 3.8) is 0 Å². The highest BCUT2D eigenvalue weighted by molar-refractivity contribution is 6.08. The van der Waals surface area contributed by atoms with E-state index in [-0.39, 0.29) is 12.5 Å². The van der Waals surface area contributed by atoms with Crippen LogP contribution < -0.4 is 15.8 Å². The number of benzene rings is 2. The lowest BCUT2D eigenvalue weighted by molar-refractivity contribution is -0.119. The summed E-state index contributed by atoms with van der Waals surface area (Å²) in [6.45, 7) is 0.675. The number of allylic oxidation sites excluding steroid dienone is 1. The monoisotopic (exact) mass is 378 g/mol. The van der Waals surface area contributed by atoms with E-state index < -0.39 is 5.91 Å². The second-order valence-electron chi connectivity index (χ2n) is 6.44. The van der Waals surface area contributed by atoms with Gasteiger partial charge in [0.25, 0.3) is 11.8 Å². The number of nitrogens with zero attached hydrogens (tertiary/aromatic N) is 1. The molecule has 0 spiro atoms. The highest BCUT2D eigenvalue weighted by atomic mass is 16.5. The summed E-state index contributed by atoms with van der Waals surface area (Å²) in [5, 5.41) is 10.4. The van der Waals surface area contributed by atoms with Gasteiger partial charge in [-0.05, 0) is 22.8 Å². The molecule has 1 aliphatic heterocycles. The zero-order valence-corrected chi connectivity index (χ0v) is 15.6. The number of nitrogens with one attached hydrogen (secondary N) is 2. The first-order chi connectivity index (χ1) is 13.5. The standard InChI is InChI=1S/C21H22N4O3/c1-24-10-17(9-22)15-7-5-14(6-8-15)11-25-12-16-3-2-4-18(20(16)21(25)27)28-13-19(23)26/h2-10,22,24H,11-13H2,1H3,(H2,23,26)/b17-10+,22-9?. The molecule has 1 heterocycles. The van der Waals surface area contributed by atoms with Crippen molar-refractivity contribution in [2.75, 3.05) is 13.7 Å². The van der Waals surface area contributed by atoms with Crippen LogP contribution in [-0.2, 0) is 17.9 Å². The Morgan fingerprint density at radius 1 is 1.29 bits per heavy atom. The molecule has 0 radical (unpaired) electrons. The van der Waals surface area contributed by atoms with Gasteiger partial charge in [-0.25, -0.2) is 0 Å². The number of rotatable bonds is 8. The number of ether oxygens (including phenoxy) is 1. The van der Waals surface area contributed by atoms with E-state index >= 15 is 0 Å². The molecule has 0 bridgehead atoms.